The molecule has 0 amide bonds. The van der Waals surface area contributed by atoms with Crippen LogP contribution >= 0.6 is 0 Å². The van der Waals surface area contributed by atoms with E-state index < -0.39 is 0 Å². The molecule has 1 aliphatic rings. The maximum atomic E-state index is 11.9. The summed E-state index contributed by atoms with van der Waals surface area (Å²) in [7, 11) is 1.81. The largest absolute Gasteiger partial charge is 0.309 e. The van der Waals surface area contributed by atoms with Gasteiger partial charge in [0.25, 0.3) is 0 Å². The molecular weight excluding hydrogens is 178 g/mol. The average Bonchev–Trinajstić information content (AvgIpc) is 2.65. The van der Waals surface area contributed by atoms with Crippen LogP contribution in [-0.4, -0.2) is 28.7 Å². The number of hydrogen-bond acceptors (Lipinski definition) is 3. The van der Waals surface area contributed by atoms with Gasteiger partial charge in [0, 0.05) is 5.56 Å². The second-order valence-corrected chi connectivity index (χ2v) is 3.66. The van der Waals surface area contributed by atoms with Crippen LogP contribution in [0, 0.1) is 6.92 Å². The van der Waals surface area contributed by atoms with Crippen LogP contribution in [0.1, 0.15) is 28.7 Å². The SMILES string of the molecule is CCc1nn2c(c1C)C(=O)C(NC)C2. The van der Waals surface area contributed by atoms with Crippen molar-refractivity contribution in [2.45, 2.75) is 32.9 Å². The van der Waals surface area contributed by atoms with Crippen molar-refractivity contribution in [2.75, 3.05) is 7.05 Å². The van der Waals surface area contributed by atoms with Crippen LogP contribution in [0.5, 0.6) is 0 Å². The van der Waals surface area contributed by atoms with Crippen LogP contribution < -0.4 is 5.32 Å². The first kappa shape index (κ1) is 9.40. The number of carbonyl (C=O) groups excluding carboxylic acids is 1. The van der Waals surface area contributed by atoms with E-state index in [0.29, 0.717) is 6.54 Å². The van der Waals surface area contributed by atoms with Gasteiger partial charge in [-0.25, -0.2) is 0 Å². The summed E-state index contributed by atoms with van der Waals surface area (Å²) in [6.45, 7) is 4.71. The summed E-state index contributed by atoms with van der Waals surface area (Å²) in [5.41, 5.74) is 2.89. The number of likely N-dealkylation sites (N-methyl/N-ethyl adjacent to an activating group) is 1. The predicted octanol–water partition coefficient (Wildman–Crippen LogP) is 0.538. The molecule has 0 bridgehead atoms. The fourth-order valence-electron chi connectivity index (χ4n) is 2.02. The lowest BCUT2D eigenvalue weighted by Gasteiger charge is -2.04. The van der Waals surface area contributed by atoms with Crippen LogP contribution in [0.3, 0.4) is 0 Å². The Morgan fingerprint density at radius 3 is 2.86 bits per heavy atom. The van der Waals surface area contributed by atoms with Gasteiger partial charge >= 0.3 is 0 Å². The molecule has 1 unspecified atom stereocenters. The van der Waals surface area contributed by atoms with Gasteiger partial charge in [-0.2, -0.15) is 5.10 Å². The summed E-state index contributed by atoms with van der Waals surface area (Å²) in [5, 5.41) is 7.41. The molecule has 0 fully saturated rings. The van der Waals surface area contributed by atoms with Gasteiger partial charge in [0.2, 0.25) is 0 Å². The van der Waals surface area contributed by atoms with E-state index >= 15 is 0 Å². The van der Waals surface area contributed by atoms with E-state index in [9.17, 15) is 4.79 Å². The summed E-state index contributed by atoms with van der Waals surface area (Å²) in [6, 6.07) is -0.0814. The van der Waals surface area contributed by atoms with E-state index in [4.69, 9.17) is 0 Å². The van der Waals surface area contributed by atoms with Gasteiger partial charge in [0.05, 0.1) is 18.3 Å². The summed E-state index contributed by atoms with van der Waals surface area (Å²) in [5.74, 6) is 0.178. The summed E-state index contributed by atoms with van der Waals surface area (Å²) in [4.78, 5) is 11.9. The molecule has 0 saturated carbocycles. The van der Waals surface area contributed by atoms with Crippen LogP contribution in [0.15, 0.2) is 0 Å². The fraction of sp³-hybridized carbons (Fsp3) is 0.600. The molecule has 1 aromatic heterocycles. The molecule has 1 aromatic rings. The molecule has 0 aromatic carbocycles. The monoisotopic (exact) mass is 193 g/mol. The van der Waals surface area contributed by atoms with Crippen molar-refractivity contribution >= 4 is 5.78 Å². The Hall–Kier alpha value is -1.16. The highest BCUT2D eigenvalue weighted by molar-refractivity contribution is 6.01. The van der Waals surface area contributed by atoms with Crippen molar-refractivity contribution in [3.05, 3.63) is 17.0 Å². The van der Waals surface area contributed by atoms with Crippen LogP contribution in [0.2, 0.25) is 0 Å². The zero-order valence-electron chi connectivity index (χ0n) is 8.79. The van der Waals surface area contributed by atoms with E-state index in [2.05, 4.69) is 17.3 Å². The Kier molecular flexibility index (Phi) is 2.15. The first-order chi connectivity index (χ1) is 6.69. The quantitative estimate of drug-likeness (QED) is 0.745. The molecule has 0 saturated heterocycles. The highest BCUT2D eigenvalue weighted by Crippen LogP contribution is 2.21. The van der Waals surface area contributed by atoms with Crippen LogP contribution in [0.25, 0.3) is 0 Å². The lowest BCUT2D eigenvalue weighted by atomic mass is 10.1. The third kappa shape index (κ3) is 1.10. The standard InChI is InChI=1S/C10H15N3O/c1-4-7-6(2)9-10(14)8(11-3)5-13(9)12-7/h8,11H,4-5H2,1-3H3. The first-order valence-electron chi connectivity index (χ1n) is 4.96. The Morgan fingerprint density at radius 1 is 1.64 bits per heavy atom. The molecule has 1 aliphatic heterocycles. The molecule has 4 nitrogen and oxygen atoms in total. The molecule has 14 heavy (non-hydrogen) atoms. The molecule has 76 valence electrons. The summed E-state index contributed by atoms with van der Waals surface area (Å²) >= 11 is 0. The molecule has 1 atom stereocenters. The third-order valence-electron chi connectivity index (χ3n) is 2.88. The number of rotatable bonds is 2. The maximum absolute atomic E-state index is 11.9. The van der Waals surface area contributed by atoms with Gasteiger partial charge in [-0.15, -0.1) is 0 Å². The lowest BCUT2D eigenvalue weighted by Crippen LogP contribution is -2.31. The first-order valence-corrected chi connectivity index (χ1v) is 4.96. The van der Waals surface area contributed by atoms with Crippen molar-refractivity contribution < 1.29 is 4.79 Å². The fourth-order valence-corrected chi connectivity index (χ4v) is 2.02. The molecule has 0 spiro atoms. The summed E-state index contributed by atoms with van der Waals surface area (Å²) < 4.78 is 1.83. The van der Waals surface area contributed by atoms with Crippen molar-refractivity contribution in [1.82, 2.24) is 15.1 Å². The topological polar surface area (TPSA) is 46.9 Å². The third-order valence-corrected chi connectivity index (χ3v) is 2.88. The molecule has 0 aliphatic carbocycles. The van der Waals surface area contributed by atoms with E-state index in [1.54, 1.807) is 0 Å². The van der Waals surface area contributed by atoms with Crippen LogP contribution in [-0.2, 0) is 13.0 Å². The molecule has 2 heterocycles. The Labute approximate surface area is 83.3 Å². The maximum Gasteiger partial charge on any atom is 0.199 e. The van der Waals surface area contributed by atoms with Crippen molar-refractivity contribution in [1.29, 1.82) is 0 Å². The van der Waals surface area contributed by atoms with Crippen molar-refractivity contribution in [3.8, 4) is 0 Å². The minimum Gasteiger partial charge on any atom is -0.309 e. The minimum atomic E-state index is -0.0814. The molecule has 4 heteroatoms. The second kappa shape index (κ2) is 3.20. The van der Waals surface area contributed by atoms with Gasteiger partial charge in [-0.05, 0) is 20.4 Å². The van der Waals surface area contributed by atoms with E-state index in [1.807, 2.05) is 18.7 Å². The molecule has 2 rings (SSSR count). The number of aromatic nitrogens is 2. The smallest absolute Gasteiger partial charge is 0.199 e. The van der Waals surface area contributed by atoms with Crippen molar-refractivity contribution in [2.24, 2.45) is 0 Å². The number of ketones is 1. The lowest BCUT2D eigenvalue weighted by molar-refractivity contribution is 0.0961. The number of nitrogens with one attached hydrogen (secondary N) is 1. The molecular formula is C10H15N3O. The predicted molar refractivity (Wildman–Crippen MR) is 53.5 cm³/mol. The number of fused-ring (bicyclic) bond motifs is 1. The number of Topliss-reactive ketones (excluding diaryl/α,β-unsaturated/α-hetero) is 1. The van der Waals surface area contributed by atoms with E-state index in [0.717, 1.165) is 23.4 Å². The van der Waals surface area contributed by atoms with Gasteiger partial charge in [0.15, 0.2) is 5.78 Å². The molecule has 1 N–H and O–H groups in total. The number of carbonyl (C=O) groups is 1. The minimum absolute atomic E-state index is 0.0814. The zero-order chi connectivity index (χ0) is 10.3. The number of aryl methyl sites for hydroxylation is 1. The van der Waals surface area contributed by atoms with Crippen LogP contribution in [0.4, 0.5) is 0 Å². The normalized spacial score (nSPS) is 20.2. The average molecular weight is 193 g/mol. The van der Waals surface area contributed by atoms with Crippen molar-refractivity contribution in [3.63, 3.8) is 0 Å². The van der Waals surface area contributed by atoms with Gasteiger partial charge in [0.1, 0.15) is 5.69 Å². The second-order valence-electron chi connectivity index (χ2n) is 3.66. The van der Waals surface area contributed by atoms with Gasteiger partial charge < -0.3 is 5.32 Å². The number of nitrogens with zero attached hydrogens (tertiary/aromatic N) is 2. The summed E-state index contributed by atoms with van der Waals surface area (Å²) in [6.07, 6.45) is 0.892. The Balaban J connectivity index is 2.44. The van der Waals surface area contributed by atoms with E-state index in [1.165, 1.54) is 0 Å². The molecule has 0 radical (unpaired) electrons. The Bertz CT molecular complexity index is 381. The highest BCUT2D eigenvalue weighted by atomic mass is 16.1. The van der Waals surface area contributed by atoms with Gasteiger partial charge in [-0.1, -0.05) is 6.92 Å². The van der Waals surface area contributed by atoms with E-state index in [-0.39, 0.29) is 11.8 Å². The highest BCUT2D eigenvalue weighted by Gasteiger charge is 2.33. The Morgan fingerprint density at radius 2 is 2.36 bits per heavy atom. The number of hydrogen-bond donors (Lipinski definition) is 1. The zero-order valence-corrected chi connectivity index (χ0v) is 8.79. The van der Waals surface area contributed by atoms with Gasteiger partial charge in [-0.3, -0.25) is 9.48 Å².